The van der Waals surface area contributed by atoms with E-state index in [-0.39, 0.29) is 0 Å². The molecule has 1 radical (unpaired) electrons. The standard InChI is InChI=1S/C13H17Cl2O2Si/c1-9(2)7-13(3)16-8-10-6-11(18(14)15)4-5-12(10)17-13/h4-6,9H,7-8H2,1-3H3. The predicted molar refractivity (Wildman–Crippen MR) is 76.8 cm³/mol. The Labute approximate surface area is 119 Å². The maximum Gasteiger partial charge on any atom is 0.307 e. The summed E-state index contributed by atoms with van der Waals surface area (Å²) in [6.07, 6.45) is 0.869. The zero-order chi connectivity index (χ0) is 13.3. The lowest BCUT2D eigenvalue weighted by molar-refractivity contribution is -0.202. The molecule has 1 aliphatic rings. The van der Waals surface area contributed by atoms with E-state index in [9.17, 15) is 0 Å². The van der Waals surface area contributed by atoms with Gasteiger partial charge in [-0.15, -0.1) is 22.2 Å². The van der Waals surface area contributed by atoms with Crippen molar-refractivity contribution in [3.63, 3.8) is 0 Å². The van der Waals surface area contributed by atoms with Crippen LogP contribution in [0.4, 0.5) is 0 Å². The van der Waals surface area contributed by atoms with Crippen molar-refractivity contribution in [1.82, 2.24) is 0 Å². The summed E-state index contributed by atoms with van der Waals surface area (Å²) in [4.78, 5) is 0. The maximum absolute atomic E-state index is 5.97. The molecule has 0 aromatic heterocycles. The number of fused-ring (bicyclic) bond motifs is 1. The average Bonchev–Trinajstić information content (AvgIpc) is 2.26. The third-order valence-electron chi connectivity index (χ3n) is 2.92. The lowest BCUT2D eigenvalue weighted by Crippen LogP contribution is -2.40. The Kier molecular flexibility index (Phi) is 4.27. The molecule has 2 rings (SSSR count). The molecule has 0 aliphatic carbocycles. The van der Waals surface area contributed by atoms with Crippen LogP contribution < -0.4 is 9.92 Å². The van der Waals surface area contributed by atoms with Gasteiger partial charge in [0, 0.05) is 18.9 Å². The van der Waals surface area contributed by atoms with Gasteiger partial charge in [0.25, 0.3) is 0 Å². The summed E-state index contributed by atoms with van der Waals surface area (Å²) in [7, 11) is -1.46. The highest BCUT2D eigenvalue weighted by Crippen LogP contribution is 2.34. The van der Waals surface area contributed by atoms with E-state index in [0.717, 1.165) is 22.9 Å². The number of hydrogen-bond acceptors (Lipinski definition) is 2. The fourth-order valence-electron chi connectivity index (χ4n) is 2.24. The monoisotopic (exact) mass is 303 g/mol. The lowest BCUT2D eigenvalue weighted by atomic mass is 10.0. The van der Waals surface area contributed by atoms with Crippen molar-refractivity contribution in [3.8, 4) is 5.75 Å². The first-order valence-corrected chi connectivity index (χ1v) is 9.56. The molecule has 5 heteroatoms. The van der Waals surface area contributed by atoms with Crippen LogP contribution in [0, 0.1) is 5.92 Å². The van der Waals surface area contributed by atoms with Gasteiger partial charge >= 0.3 is 7.42 Å². The van der Waals surface area contributed by atoms with Crippen molar-refractivity contribution < 1.29 is 9.47 Å². The number of ether oxygens (including phenoxy) is 2. The molecular formula is C13H17Cl2O2Si. The molecule has 0 bridgehead atoms. The molecule has 18 heavy (non-hydrogen) atoms. The highest BCUT2D eigenvalue weighted by Gasteiger charge is 2.33. The summed E-state index contributed by atoms with van der Waals surface area (Å²) in [5.41, 5.74) is 1.03. The largest absolute Gasteiger partial charge is 0.462 e. The molecule has 1 atom stereocenters. The minimum Gasteiger partial charge on any atom is -0.462 e. The third kappa shape index (κ3) is 3.21. The summed E-state index contributed by atoms with van der Waals surface area (Å²) in [5.74, 6) is 0.874. The molecule has 0 spiro atoms. The first-order chi connectivity index (χ1) is 8.39. The first-order valence-electron chi connectivity index (χ1n) is 6.04. The highest BCUT2D eigenvalue weighted by atomic mass is 35.7. The van der Waals surface area contributed by atoms with E-state index >= 15 is 0 Å². The molecule has 2 nitrogen and oxygen atoms in total. The lowest BCUT2D eigenvalue weighted by Gasteiger charge is -2.37. The van der Waals surface area contributed by atoms with E-state index in [1.165, 1.54) is 0 Å². The Balaban J connectivity index is 2.20. The van der Waals surface area contributed by atoms with Gasteiger partial charge in [-0.2, -0.15) is 0 Å². The van der Waals surface area contributed by atoms with Gasteiger partial charge in [0.2, 0.25) is 5.79 Å². The smallest absolute Gasteiger partial charge is 0.307 e. The highest BCUT2D eigenvalue weighted by molar-refractivity contribution is 7.39. The zero-order valence-electron chi connectivity index (χ0n) is 10.8. The molecule has 1 unspecified atom stereocenters. The van der Waals surface area contributed by atoms with E-state index in [4.69, 9.17) is 31.6 Å². The second kappa shape index (κ2) is 5.41. The molecule has 1 aromatic rings. The van der Waals surface area contributed by atoms with Gasteiger partial charge in [-0.25, -0.2) is 0 Å². The van der Waals surface area contributed by atoms with Gasteiger partial charge in [-0.1, -0.05) is 26.0 Å². The summed E-state index contributed by atoms with van der Waals surface area (Å²) < 4.78 is 11.8. The van der Waals surface area contributed by atoms with Gasteiger partial charge in [0.15, 0.2) is 0 Å². The Morgan fingerprint density at radius 2 is 2.11 bits per heavy atom. The van der Waals surface area contributed by atoms with Crippen LogP contribution in [0.5, 0.6) is 5.75 Å². The normalized spacial score (nSPS) is 23.1. The van der Waals surface area contributed by atoms with E-state index in [1.54, 1.807) is 0 Å². The summed E-state index contributed by atoms with van der Waals surface area (Å²) in [5, 5.41) is 0.974. The minimum absolute atomic E-state index is 0.524. The molecule has 0 amide bonds. The van der Waals surface area contributed by atoms with E-state index < -0.39 is 13.2 Å². The Morgan fingerprint density at radius 3 is 2.72 bits per heavy atom. The molecule has 99 valence electrons. The van der Waals surface area contributed by atoms with E-state index in [1.807, 2.05) is 25.1 Å². The van der Waals surface area contributed by atoms with Crippen molar-refractivity contribution in [2.75, 3.05) is 0 Å². The Hall–Kier alpha value is -0.223. The topological polar surface area (TPSA) is 18.5 Å². The predicted octanol–water partition coefficient (Wildman–Crippen LogP) is 3.53. The van der Waals surface area contributed by atoms with Crippen LogP contribution in [-0.4, -0.2) is 13.2 Å². The van der Waals surface area contributed by atoms with Crippen LogP contribution in [0.15, 0.2) is 18.2 Å². The molecule has 0 N–H and O–H groups in total. The van der Waals surface area contributed by atoms with Gasteiger partial charge < -0.3 is 9.47 Å². The molecule has 1 heterocycles. The Bertz CT molecular complexity index is 437. The zero-order valence-corrected chi connectivity index (χ0v) is 13.3. The summed E-state index contributed by atoms with van der Waals surface area (Å²) in [6, 6.07) is 5.87. The number of hydrogen-bond donors (Lipinski definition) is 0. The van der Waals surface area contributed by atoms with Gasteiger partial charge in [-0.3, -0.25) is 0 Å². The average molecular weight is 304 g/mol. The quantitative estimate of drug-likeness (QED) is 0.628. The molecular weight excluding hydrogens is 287 g/mol. The van der Waals surface area contributed by atoms with Crippen LogP contribution >= 0.6 is 22.2 Å². The number of rotatable bonds is 3. The number of benzene rings is 1. The van der Waals surface area contributed by atoms with Crippen molar-refractivity contribution in [2.45, 2.75) is 39.6 Å². The van der Waals surface area contributed by atoms with Crippen molar-refractivity contribution in [3.05, 3.63) is 23.8 Å². The summed E-state index contributed by atoms with van der Waals surface area (Å²) in [6.45, 7) is 6.86. The van der Waals surface area contributed by atoms with Gasteiger partial charge in [-0.05, 0) is 17.2 Å². The van der Waals surface area contributed by atoms with Crippen LogP contribution in [0.25, 0.3) is 0 Å². The Morgan fingerprint density at radius 1 is 1.39 bits per heavy atom. The van der Waals surface area contributed by atoms with E-state index in [2.05, 4.69) is 13.8 Å². The second-order valence-electron chi connectivity index (χ2n) is 5.21. The van der Waals surface area contributed by atoms with Crippen molar-refractivity contribution in [1.29, 1.82) is 0 Å². The second-order valence-corrected chi connectivity index (χ2v) is 9.15. The van der Waals surface area contributed by atoms with Crippen LogP contribution in [0.1, 0.15) is 32.8 Å². The maximum atomic E-state index is 5.97. The SMILES string of the molecule is CC(C)CC1(C)OCc2cc([Si](Cl)Cl)ccc2O1. The molecule has 0 saturated heterocycles. The molecule has 0 fully saturated rings. The minimum atomic E-state index is -1.46. The van der Waals surface area contributed by atoms with Gasteiger partial charge in [0.1, 0.15) is 5.75 Å². The van der Waals surface area contributed by atoms with Gasteiger partial charge in [0.05, 0.1) is 6.61 Å². The first kappa shape index (κ1) is 14.2. The van der Waals surface area contributed by atoms with E-state index in [0.29, 0.717) is 12.5 Å². The van der Waals surface area contributed by atoms with Crippen molar-refractivity contribution >= 4 is 34.8 Å². The van der Waals surface area contributed by atoms with Crippen LogP contribution in [0.3, 0.4) is 0 Å². The van der Waals surface area contributed by atoms with Crippen LogP contribution in [0.2, 0.25) is 0 Å². The molecule has 1 aliphatic heterocycles. The fourth-order valence-corrected chi connectivity index (χ4v) is 3.44. The van der Waals surface area contributed by atoms with Crippen LogP contribution in [-0.2, 0) is 11.3 Å². The fraction of sp³-hybridized carbons (Fsp3) is 0.538. The third-order valence-corrected chi connectivity index (χ3v) is 4.97. The summed E-state index contributed by atoms with van der Waals surface area (Å²) >= 11 is 11.9. The number of halogens is 2. The van der Waals surface area contributed by atoms with Crippen molar-refractivity contribution in [2.24, 2.45) is 5.92 Å². The molecule has 0 saturated carbocycles. The molecule has 1 aromatic carbocycles.